The van der Waals surface area contributed by atoms with E-state index in [9.17, 15) is 0 Å². The Balaban J connectivity index is 1.54. The Morgan fingerprint density at radius 2 is 1.80 bits per heavy atom. The van der Waals surface area contributed by atoms with Crippen LogP contribution < -0.4 is 15.0 Å². The molecule has 4 nitrogen and oxygen atoms in total. The van der Waals surface area contributed by atoms with Gasteiger partial charge in [-0.25, -0.2) is 0 Å². The summed E-state index contributed by atoms with van der Waals surface area (Å²) in [4.78, 5) is 2.39. The van der Waals surface area contributed by atoms with Crippen molar-refractivity contribution in [1.82, 2.24) is 0 Å². The average molecular weight is 407 g/mol. The van der Waals surface area contributed by atoms with Crippen molar-refractivity contribution >= 4 is 11.4 Å². The highest BCUT2D eigenvalue weighted by Crippen LogP contribution is 2.50. The van der Waals surface area contributed by atoms with E-state index in [4.69, 9.17) is 9.47 Å². The molecule has 1 aliphatic carbocycles. The lowest BCUT2D eigenvalue weighted by Gasteiger charge is -2.38. The number of hydrogen-bond acceptors (Lipinski definition) is 4. The third-order valence-electron chi connectivity index (χ3n) is 6.42. The molecule has 1 heterocycles. The monoisotopic (exact) mass is 406 g/mol. The van der Waals surface area contributed by atoms with Crippen molar-refractivity contribution in [3.05, 3.63) is 65.7 Å². The normalized spacial score (nSPS) is 21.6. The SMILES string of the molecule is CCOCCOc1ccc2c(c1)C1C=CCC1C(c1ccc(N(CC)CC)cc1)N2. The zero-order chi connectivity index (χ0) is 20.9. The van der Waals surface area contributed by atoms with Gasteiger partial charge in [-0.3, -0.25) is 0 Å². The zero-order valence-electron chi connectivity index (χ0n) is 18.4. The Bertz CT molecular complexity index is 858. The van der Waals surface area contributed by atoms with Gasteiger partial charge in [-0.2, -0.15) is 0 Å². The van der Waals surface area contributed by atoms with Gasteiger partial charge in [0.2, 0.25) is 0 Å². The molecule has 0 spiro atoms. The van der Waals surface area contributed by atoms with Crippen molar-refractivity contribution in [3.8, 4) is 5.75 Å². The molecule has 0 fully saturated rings. The molecule has 2 aromatic carbocycles. The number of nitrogens with zero attached hydrogens (tertiary/aromatic N) is 1. The molecule has 1 aliphatic heterocycles. The van der Waals surface area contributed by atoms with Gasteiger partial charge in [0.1, 0.15) is 12.4 Å². The number of benzene rings is 2. The van der Waals surface area contributed by atoms with Crippen LogP contribution in [0.4, 0.5) is 11.4 Å². The van der Waals surface area contributed by atoms with Crippen LogP contribution in [0.1, 0.15) is 50.3 Å². The molecule has 0 amide bonds. The lowest BCUT2D eigenvalue weighted by Crippen LogP contribution is -2.29. The Morgan fingerprint density at radius 3 is 2.53 bits per heavy atom. The molecule has 4 heteroatoms. The number of ether oxygens (including phenoxy) is 2. The number of anilines is 2. The van der Waals surface area contributed by atoms with Gasteiger partial charge in [-0.1, -0.05) is 24.3 Å². The van der Waals surface area contributed by atoms with Gasteiger partial charge in [-0.05, 0) is 74.6 Å². The van der Waals surface area contributed by atoms with Crippen LogP contribution in [-0.2, 0) is 4.74 Å². The van der Waals surface area contributed by atoms with Crippen molar-refractivity contribution < 1.29 is 9.47 Å². The topological polar surface area (TPSA) is 33.7 Å². The molecule has 1 N–H and O–H groups in total. The molecule has 3 unspecified atom stereocenters. The predicted molar refractivity (Wildman–Crippen MR) is 125 cm³/mol. The zero-order valence-corrected chi connectivity index (χ0v) is 18.4. The summed E-state index contributed by atoms with van der Waals surface area (Å²) in [6, 6.07) is 15.9. The molecule has 0 radical (unpaired) electrons. The van der Waals surface area contributed by atoms with Gasteiger partial charge in [0.05, 0.1) is 12.6 Å². The largest absolute Gasteiger partial charge is 0.491 e. The molecule has 160 valence electrons. The first-order valence-corrected chi connectivity index (χ1v) is 11.4. The molecule has 0 aromatic heterocycles. The predicted octanol–water partition coefficient (Wildman–Crippen LogP) is 5.77. The molecule has 4 rings (SSSR count). The number of hydrogen-bond donors (Lipinski definition) is 1. The number of fused-ring (bicyclic) bond motifs is 3. The van der Waals surface area contributed by atoms with Crippen LogP contribution in [0.3, 0.4) is 0 Å². The van der Waals surface area contributed by atoms with Crippen molar-refractivity contribution in [2.45, 2.75) is 39.2 Å². The fraction of sp³-hybridized carbons (Fsp3) is 0.462. The van der Waals surface area contributed by atoms with E-state index < -0.39 is 0 Å². The molecule has 2 aliphatic rings. The standard InChI is InChI=1S/C26H34N2O2/c1-4-28(5-2)20-12-10-19(11-13-20)26-23-9-7-8-22(23)24-18-21(14-15-25(24)27-26)30-17-16-29-6-3/h7-8,10-15,18,22-23,26-27H,4-6,9,16-17H2,1-3H3. The second kappa shape index (κ2) is 9.57. The first-order valence-electron chi connectivity index (χ1n) is 11.4. The van der Waals surface area contributed by atoms with Gasteiger partial charge < -0.3 is 19.7 Å². The molecule has 3 atom stereocenters. The van der Waals surface area contributed by atoms with Gasteiger partial charge in [-0.15, -0.1) is 0 Å². The molecular formula is C26H34N2O2. The third kappa shape index (κ3) is 4.20. The van der Waals surface area contributed by atoms with Crippen LogP contribution in [0.25, 0.3) is 0 Å². The maximum absolute atomic E-state index is 5.91. The van der Waals surface area contributed by atoms with Crippen molar-refractivity contribution in [2.24, 2.45) is 5.92 Å². The van der Waals surface area contributed by atoms with E-state index in [-0.39, 0.29) is 0 Å². The van der Waals surface area contributed by atoms with E-state index in [0.29, 0.717) is 31.1 Å². The lowest BCUT2D eigenvalue weighted by molar-refractivity contribution is 0.110. The van der Waals surface area contributed by atoms with Gasteiger partial charge in [0.25, 0.3) is 0 Å². The summed E-state index contributed by atoms with van der Waals surface area (Å²) in [5, 5.41) is 3.83. The summed E-state index contributed by atoms with van der Waals surface area (Å²) >= 11 is 0. The molecule has 2 aromatic rings. The van der Waals surface area contributed by atoms with E-state index in [1.165, 1.54) is 22.5 Å². The van der Waals surface area contributed by atoms with Crippen molar-refractivity contribution in [1.29, 1.82) is 0 Å². The van der Waals surface area contributed by atoms with E-state index in [2.05, 4.69) is 78.7 Å². The molecule has 0 saturated heterocycles. The summed E-state index contributed by atoms with van der Waals surface area (Å²) in [5.74, 6) is 1.90. The quantitative estimate of drug-likeness (QED) is 0.423. The third-order valence-corrected chi connectivity index (χ3v) is 6.42. The van der Waals surface area contributed by atoms with Crippen molar-refractivity contribution in [3.63, 3.8) is 0 Å². The summed E-state index contributed by atoms with van der Waals surface area (Å²) in [5.41, 5.74) is 5.23. The number of allylic oxidation sites excluding steroid dienone is 2. The fourth-order valence-corrected chi connectivity index (χ4v) is 4.84. The van der Waals surface area contributed by atoms with Crippen LogP contribution in [0.2, 0.25) is 0 Å². The minimum atomic E-state index is 0.327. The maximum atomic E-state index is 5.91. The number of rotatable bonds is 9. The summed E-state index contributed by atoms with van der Waals surface area (Å²) in [6.07, 6.45) is 5.83. The van der Waals surface area contributed by atoms with E-state index in [1.54, 1.807) is 0 Å². The highest BCUT2D eigenvalue weighted by atomic mass is 16.5. The van der Waals surface area contributed by atoms with Crippen LogP contribution in [0.5, 0.6) is 5.75 Å². The Kier molecular flexibility index (Phi) is 6.63. The highest BCUT2D eigenvalue weighted by Gasteiger charge is 2.38. The van der Waals surface area contributed by atoms with Crippen LogP contribution >= 0.6 is 0 Å². The van der Waals surface area contributed by atoms with Crippen LogP contribution in [0, 0.1) is 5.92 Å². The lowest BCUT2D eigenvalue weighted by atomic mass is 9.77. The summed E-state index contributed by atoms with van der Waals surface area (Å²) in [7, 11) is 0. The molecule has 0 bridgehead atoms. The van der Waals surface area contributed by atoms with E-state index >= 15 is 0 Å². The molecule has 0 saturated carbocycles. The highest BCUT2D eigenvalue weighted by molar-refractivity contribution is 5.62. The smallest absolute Gasteiger partial charge is 0.119 e. The second-order valence-electron chi connectivity index (χ2n) is 8.03. The van der Waals surface area contributed by atoms with E-state index in [1.807, 2.05) is 6.92 Å². The molecule has 30 heavy (non-hydrogen) atoms. The summed E-state index contributed by atoms with van der Waals surface area (Å²) in [6.45, 7) is 10.4. The minimum Gasteiger partial charge on any atom is -0.491 e. The fourth-order valence-electron chi connectivity index (χ4n) is 4.84. The second-order valence-corrected chi connectivity index (χ2v) is 8.03. The van der Waals surface area contributed by atoms with Crippen LogP contribution in [0.15, 0.2) is 54.6 Å². The Labute approximate surface area is 180 Å². The summed E-state index contributed by atoms with van der Waals surface area (Å²) < 4.78 is 11.3. The first kappa shape index (κ1) is 20.8. The van der Waals surface area contributed by atoms with Crippen LogP contribution in [-0.4, -0.2) is 32.9 Å². The average Bonchev–Trinajstić information content (AvgIpc) is 3.28. The molecular weight excluding hydrogens is 372 g/mol. The Morgan fingerprint density at radius 1 is 1.00 bits per heavy atom. The maximum Gasteiger partial charge on any atom is 0.119 e. The van der Waals surface area contributed by atoms with Crippen molar-refractivity contribution in [2.75, 3.05) is 43.1 Å². The Hall–Kier alpha value is -2.46. The van der Waals surface area contributed by atoms with E-state index in [0.717, 1.165) is 31.9 Å². The van der Waals surface area contributed by atoms with Gasteiger partial charge in [0.15, 0.2) is 0 Å². The first-order chi connectivity index (χ1) is 14.7. The number of nitrogens with one attached hydrogen (secondary N) is 1. The van der Waals surface area contributed by atoms with Gasteiger partial charge >= 0.3 is 0 Å². The van der Waals surface area contributed by atoms with Gasteiger partial charge in [0, 0.05) is 37.0 Å². The minimum absolute atomic E-state index is 0.327.